The molecule has 0 unspecified atom stereocenters. The number of anilines is 1. The van der Waals surface area contributed by atoms with Gasteiger partial charge in [-0.15, -0.1) is 6.42 Å². The van der Waals surface area contributed by atoms with Crippen LogP contribution in [-0.4, -0.2) is 56.3 Å². The van der Waals surface area contributed by atoms with Gasteiger partial charge in [-0.25, -0.2) is 8.42 Å². The Morgan fingerprint density at radius 2 is 1.74 bits per heavy atom. The minimum atomic E-state index is -3.51. The Hall–Kier alpha value is -2.82. The van der Waals surface area contributed by atoms with Gasteiger partial charge in [0.15, 0.2) is 0 Å². The number of nitrogens with zero attached hydrogens (tertiary/aromatic N) is 2. The zero-order chi connectivity index (χ0) is 19.3. The highest BCUT2D eigenvalue weighted by atomic mass is 32.2. The summed E-state index contributed by atoms with van der Waals surface area (Å²) in [6.07, 6.45) is 5.38. The second kappa shape index (κ2) is 8.25. The van der Waals surface area contributed by atoms with Gasteiger partial charge in [-0.05, 0) is 30.3 Å². The SMILES string of the molecule is C#Cc1cccc(NCC(=O)N2CCN(S(=O)(=O)c3ccccc3)CC2)c1. The Morgan fingerprint density at radius 1 is 1.04 bits per heavy atom. The molecule has 0 aliphatic carbocycles. The van der Waals surface area contributed by atoms with E-state index in [1.807, 2.05) is 18.2 Å². The van der Waals surface area contributed by atoms with E-state index < -0.39 is 10.0 Å². The van der Waals surface area contributed by atoms with E-state index in [0.29, 0.717) is 13.1 Å². The molecule has 1 heterocycles. The standard InChI is InChI=1S/C20H21N3O3S/c1-2-17-7-6-8-18(15-17)21-16-20(24)22-11-13-23(14-12-22)27(25,26)19-9-4-3-5-10-19/h1,3-10,15,21H,11-14,16H2. The number of nitrogens with one attached hydrogen (secondary N) is 1. The number of terminal acetylenes is 1. The number of hydrogen-bond acceptors (Lipinski definition) is 4. The first-order valence-corrected chi connectivity index (χ1v) is 10.1. The van der Waals surface area contributed by atoms with Gasteiger partial charge >= 0.3 is 0 Å². The molecule has 1 aliphatic heterocycles. The fourth-order valence-electron chi connectivity index (χ4n) is 2.93. The summed E-state index contributed by atoms with van der Waals surface area (Å²) < 4.78 is 26.7. The molecule has 0 aromatic heterocycles. The first-order chi connectivity index (χ1) is 13.0. The van der Waals surface area contributed by atoms with Gasteiger partial charge in [-0.2, -0.15) is 4.31 Å². The molecule has 27 heavy (non-hydrogen) atoms. The molecule has 1 aliphatic rings. The summed E-state index contributed by atoms with van der Waals surface area (Å²) >= 11 is 0. The average molecular weight is 383 g/mol. The lowest BCUT2D eigenvalue weighted by Gasteiger charge is -2.34. The summed E-state index contributed by atoms with van der Waals surface area (Å²) in [5, 5.41) is 3.07. The third-order valence-electron chi connectivity index (χ3n) is 4.45. The van der Waals surface area contributed by atoms with Crippen molar-refractivity contribution >= 4 is 21.6 Å². The summed E-state index contributed by atoms with van der Waals surface area (Å²) in [6.45, 7) is 1.46. The van der Waals surface area contributed by atoms with Crippen molar-refractivity contribution in [1.82, 2.24) is 9.21 Å². The number of rotatable bonds is 5. The summed E-state index contributed by atoms with van der Waals surface area (Å²) in [5.74, 6) is 2.48. The second-order valence-electron chi connectivity index (χ2n) is 6.18. The third kappa shape index (κ3) is 4.48. The van der Waals surface area contributed by atoms with Gasteiger partial charge in [0.05, 0.1) is 11.4 Å². The summed E-state index contributed by atoms with van der Waals surface area (Å²) in [7, 11) is -3.51. The van der Waals surface area contributed by atoms with E-state index in [9.17, 15) is 13.2 Å². The van der Waals surface area contributed by atoms with Crippen LogP contribution in [0.4, 0.5) is 5.69 Å². The number of carbonyl (C=O) groups is 1. The molecule has 3 rings (SSSR count). The van der Waals surface area contributed by atoms with Crippen molar-refractivity contribution in [1.29, 1.82) is 0 Å². The van der Waals surface area contributed by atoms with Crippen molar-refractivity contribution in [3.63, 3.8) is 0 Å². The van der Waals surface area contributed by atoms with E-state index in [0.717, 1.165) is 11.3 Å². The van der Waals surface area contributed by atoms with Crippen molar-refractivity contribution in [3.05, 3.63) is 60.2 Å². The van der Waals surface area contributed by atoms with Crippen LogP contribution in [0.1, 0.15) is 5.56 Å². The quantitative estimate of drug-likeness (QED) is 0.797. The maximum absolute atomic E-state index is 12.6. The van der Waals surface area contributed by atoms with E-state index in [4.69, 9.17) is 6.42 Å². The smallest absolute Gasteiger partial charge is 0.243 e. The van der Waals surface area contributed by atoms with E-state index in [1.165, 1.54) is 4.31 Å². The van der Waals surface area contributed by atoms with Gasteiger partial charge in [0.25, 0.3) is 0 Å². The Morgan fingerprint density at radius 3 is 2.41 bits per heavy atom. The molecule has 1 N–H and O–H groups in total. The zero-order valence-corrected chi connectivity index (χ0v) is 15.7. The van der Waals surface area contributed by atoms with E-state index in [-0.39, 0.29) is 30.4 Å². The Balaban J connectivity index is 1.54. The van der Waals surface area contributed by atoms with Gasteiger partial charge in [0.1, 0.15) is 0 Å². The molecule has 0 bridgehead atoms. The van der Waals surface area contributed by atoms with Crippen LogP contribution in [0.5, 0.6) is 0 Å². The van der Waals surface area contributed by atoms with Crippen LogP contribution in [0, 0.1) is 12.3 Å². The number of sulfonamides is 1. The highest BCUT2D eigenvalue weighted by molar-refractivity contribution is 7.89. The van der Waals surface area contributed by atoms with E-state index in [1.54, 1.807) is 41.3 Å². The first-order valence-electron chi connectivity index (χ1n) is 8.64. The number of piperazine rings is 1. The molecule has 1 saturated heterocycles. The maximum Gasteiger partial charge on any atom is 0.243 e. The summed E-state index contributed by atoms with van der Waals surface area (Å²) in [4.78, 5) is 14.4. The van der Waals surface area contributed by atoms with Crippen molar-refractivity contribution in [3.8, 4) is 12.3 Å². The summed E-state index contributed by atoms with van der Waals surface area (Å²) in [6, 6.07) is 15.6. The monoisotopic (exact) mass is 383 g/mol. The Labute approximate surface area is 159 Å². The highest BCUT2D eigenvalue weighted by Crippen LogP contribution is 2.17. The number of hydrogen-bond donors (Lipinski definition) is 1. The Bertz CT molecular complexity index is 944. The lowest BCUT2D eigenvalue weighted by Crippen LogP contribution is -2.51. The fourth-order valence-corrected chi connectivity index (χ4v) is 4.37. The highest BCUT2D eigenvalue weighted by Gasteiger charge is 2.29. The van der Waals surface area contributed by atoms with Gasteiger partial charge in [0, 0.05) is 37.4 Å². The van der Waals surface area contributed by atoms with Crippen LogP contribution >= 0.6 is 0 Å². The molecule has 2 aromatic rings. The third-order valence-corrected chi connectivity index (χ3v) is 6.36. The van der Waals surface area contributed by atoms with Gasteiger partial charge in [0.2, 0.25) is 15.9 Å². The lowest BCUT2D eigenvalue weighted by molar-refractivity contribution is -0.130. The largest absolute Gasteiger partial charge is 0.376 e. The molecule has 7 heteroatoms. The Kier molecular flexibility index (Phi) is 5.79. The van der Waals surface area contributed by atoms with Crippen LogP contribution in [0.3, 0.4) is 0 Å². The van der Waals surface area contributed by atoms with Gasteiger partial charge in [-0.3, -0.25) is 4.79 Å². The topological polar surface area (TPSA) is 69.7 Å². The number of carbonyl (C=O) groups excluding carboxylic acids is 1. The fraction of sp³-hybridized carbons (Fsp3) is 0.250. The minimum absolute atomic E-state index is 0.0714. The van der Waals surface area contributed by atoms with Crippen molar-refractivity contribution < 1.29 is 13.2 Å². The molecule has 1 amide bonds. The van der Waals surface area contributed by atoms with Crippen LogP contribution in [0.25, 0.3) is 0 Å². The van der Waals surface area contributed by atoms with Gasteiger partial charge in [-0.1, -0.05) is 30.2 Å². The van der Waals surface area contributed by atoms with E-state index >= 15 is 0 Å². The zero-order valence-electron chi connectivity index (χ0n) is 14.8. The molecule has 0 saturated carbocycles. The number of benzene rings is 2. The molecule has 6 nitrogen and oxygen atoms in total. The van der Waals surface area contributed by atoms with E-state index in [2.05, 4.69) is 11.2 Å². The number of amides is 1. The maximum atomic E-state index is 12.6. The molecule has 1 fully saturated rings. The average Bonchev–Trinajstić information content (AvgIpc) is 2.73. The minimum Gasteiger partial charge on any atom is -0.376 e. The summed E-state index contributed by atoms with van der Waals surface area (Å²) in [5.41, 5.74) is 1.52. The van der Waals surface area contributed by atoms with Crippen LogP contribution in [-0.2, 0) is 14.8 Å². The van der Waals surface area contributed by atoms with Crippen molar-refractivity contribution in [2.24, 2.45) is 0 Å². The second-order valence-corrected chi connectivity index (χ2v) is 8.11. The molecule has 0 spiro atoms. The molecular weight excluding hydrogens is 362 g/mol. The van der Waals surface area contributed by atoms with Crippen molar-refractivity contribution in [2.45, 2.75) is 4.90 Å². The molecule has 2 aromatic carbocycles. The normalized spacial score (nSPS) is 15.1. The molecule has 0 radical (unpaired) electrons. The first kappa shape index (κ1) is 19.0. The lowest BCUT2D eigenvalue weighted by atomic mass is 10.2. The molecule has 0 atom stereocenters. The van der Waals surface area contributed by atoms with Crippen molar-refractivity contribution in [2.75, 3.05) is 38.0 Å². The molecular formula is C20H21N3O3S. The van der Waals surface area contributed by atoms with Crippen LogP contribution < -0.4 is 5.32 Å². The van der Waals surface area contributed by atoms with Crippen LogP contribution in [0.15, 0.2) is 59.5 Å². The predicted octanol–water partition coefficient (Wildman–Crippen LogP) is 1.61. The molecule has 140 valence electrons. The predicted molar refractivity (Wildman–Crippen MR) is 105 cm³/mol. The van der Waals surface area contributed by atoms with Gasteiger partial charge < -0.3 is 10.2 Å². The van der Waals surface area contributed by atoms with Crippen LogP contribution in [0.2, 0.25) is 0 Å².